The summed E-state index contributed by atoms with van der Waals surface area (Å²) in [5.74, 6) is 0.936. The van der Waals surface area contributed by atoms with Gasteiger partial charge in [-0.1, -0.05) is 37.3 Å². The lowest BCUT2D eigenvalue weighted by Crippen LogP contribution is -2.43. The van der Waals surface area contributed by atoms with Crippen molar-refractivity contribution in [2.75, 3.05) is 13.1 Å². The quantitative estimate of drug-likeness (QED) is 0.200. The SMILES string of the molecule is CCC1Cc2cc(CCCNC(=O)c3cccc(CC(C)(C)NC[C@@H](O)c4ccc(O)c(CO)c4)c3)ccc2O1. The van der Waals surface area contributed by atoms with Crippen LogP contribution in [-0.4, -0.2) is 46.0 Å². The molecule has 1 amide bonds. The van der Waals surface area contributed by atoms with Gasteiger partial charge in [-0.05, 0) is 92.1 Å². The number of hydrogen-bond acceptors (Lipinski definition) is 6. The Balaban J connectivity index is 1.24. The predicted molar refractivity (Wildman–Crippen MR) is 157 cm³/mol. The molecule has 0 saturated carbocycles. The molecule has 4 rings (SSSR count). The van der Waals surface area contributed by atoms with Gasteiger partial charge in [0.25, 0.3) is 5.91 Å². The zero-order valence-electron chi connectivity index (χ0n) is 23.7. The number of rotatable bonds is 13. The summed E-state index contributed by atoms with van der Waals surface area (Å²) in [4.78, 5) is 12.8. The second kappa shape index (κ2) is 13.3. The van der Waals surface area contributed by atoms with Gasteiger partial charge in [-0.25, -0.2) is 0 Å². The highest BCUT2D eigenvalue weighted by atomic mass is 16.5. The van der Waals surface area contributed by atoms with Crippen molar-refractivity contribution in [3.05, 3.63) is 94.0 Å². The lowest BCUT2D eigenvalue weighted by molar-refractivity contribution is 0.0953. The standard InChI is InChI=1S/C33H42N2O5/c1-4-28-18-26-15-22(10-13-31(26)40-28)8-6-14-34-32(39)25-9-5-7-23(16-25)19-33(2,3)35-20-30(38)24-11-12-29(37)27(17-24)21-36/h5,7,9-13,15-17,28,30,35-38H,4,6,8,14,18-21H2,1-3H3,(H,34,39)/t28?,30-/m1/s1. The topological polar surface area (TPSA) is 111 Å². The van der Waals surface area contributed by atoms with Crippen molar-refractivity contribution in [1.82, 2.24) is 10.6 Å². The maximum absolute atomic E-state index is 12.8. The first-order valence-corrected chi connectivity index (χ1v) is 14.2. The fourth-order valence-electron chi connectivity index (χ4n) is 5.18. The zero-order valence-corrected chi connectivity index (χ0v) is 23.7. The number of carbonyl (C=O) groups is 1. The van der Waals surface area contributed by atoms with Gasteiger partial charge in [0.1, 0.15) is 17.6 Å². The molecule has 1 aliphatic heterocycles. The molecule has 1 unspecified atom stereocenters. The summed E-state index contributed by atoms with van der Waals surface area (Å²) >= 11 is 0. The minimum Gasteiger partial charge on any atom is -0.508 e. The highest BCUT2D eigenvalue weighted by Gasteiger charge is 2.22. The van der Waals surface area contributed by atoms with Gasteiger partial charge in [-0.2, -0.15) is 0 Å². The molecule has 7 nitrogen and oxygen atoms in total. The number of aromatic hydroxyl groups is 1. The molecule has 3 aromatic rings. The van der Waals surface area contributed by atoms with Crippen molar-refractivity contribution >= 4 is 5.91 Å². The normalized spacial score (nSPS) is 15.4. The molecular weight excluding hydrogens is 504 g/mol. The monoisotopic (exact) mass is 546 g/mol. The molecule has 2 atom stereocenters. The summed E-state index contributed by atoms with van der Waals surface area (Å²) in [7, 11) is 0. The van der Waals surface area contributed by atoms with Crippen LogP contribution in [0.4, 0.5) is 0 Å². The molecule has 214 valence electrons. The molecule has 0 saturated heterocycles. The molecule has 0 bridgehead atoms. The number of hydrogen-bond donors (Lipinski definition) is 5. The molecule has 7 heteroatoms. The third-order valence-electron chi connectivity index (χ3n) is 7.52. The van der Waals surface area contributed by atoms with Crippen LogP contribution in [0.1, 0.15) is 77.9 Å². The van der Waals surface area contributed by atoms with Gasteiger partial charge in [-0.15, -0.1) is 0 Å². The number of carbonyl (C=O) groups excluding carboxylic acids is 1. The number of aliphatic hydroxyl groups excluding tert-OH is 2. The molecule has 5 N–H and O–H groups in total. The van der Waals surface area contributed by atoms with E-state index in [-0.39, 0.29) is 23.8 Å². The molecule has 0 aliphatic carbocycles. The van der Waals surface area contributed by atoms with Crippen LogP contribution in [-0.2, 0) is 25.9 Å². The van der Waals surface area contributed by atoms with E-state index in [0.717, 1.165) is 37.0 Å². The second-order valence-electron chi connectivity index (χ2n) is 11.4. The number of amides is 1. The smallest absolute Gasteiger partial charge is 0.251 e. The van der Waals surface area contributed by atoms with Gasteiger partial charge in [0.05, 0.1) is 12.7 Å². The van der Waals surface area contributed by atoms with E-state index in [9.17, 15) is 20.1 Å². The lowest BCUT2D eigenvalue weighted by atomic mass is 9.93. The Hall–Kier alpha value is -3.39. The largest absolute Gasteiger partial charge is 0.508 e. The number of aliphatic hydroxyl groups is 2. The van der Waals surface area contributed by atoms with Crippen LogP contribution in [0.25, 0.3) is 0 Å². The highest BCUT2D eigenvalue weighted by molar-refractivity contribution is 5.94. The Labute approximate surface area is 237 Å². The van der Waals surface area contributed by atoms with E-state index in [4.69, 9.17) is 4.74 Å². The van der Waals surface area contributed by atoms with Gasteiger partial charge in [0, 0.05) is 36.2 Å². The first-order chi connectivity index (χ1) is 19.2. The summed E-state index contributed by atoms with van der Waals surface area (Å²) in [5.41, 5.74) is 4.88. The summed E-state index contributed by atoms with van der Waals surface area (Å²) < 4.78 is 5.92. The first kappa shape index (κ1) is 29.6. The van der Waals surface area contributed by atoms with Gasteiger partial charge in [0.15, 0.2) is 0 Å². The number of ether oxygens (including phenoxy) is 1. The van der Waals surface area contributed by atoms with Gasteiger partial charge < -0.3 is 30.7 Å². The molecule has 40 heavy (non-hydrogen) atoms. The van der Waals surface area contributed by atoms with Crippen LogP contribution in [0.5, 0.6) is 11.5 Å². The summed E-state index contributed by atoms with van der Waals surface area (Å²) in [6, 6.07) is 18.8. The minimum absolute atomic E-state index is 0.00958. The third-order valence-corrected chi connectivity index (χ3v) is 7.52. The van der Waals surface area contributed by atoms with Gasteiger partial charge in [0.2, 0.25) is 0 Å². The summed E-state index contributed by atoms with van der Waals surface area (Å²) in [6.07, 6.45) is 3.93. The molecule has 0 fully saturated rings. The van der Waals surface area contributed by atoms with Crippen LogP contribution in [0.15, 0.2) is 60.7 Å². The predicted octanol–water partition coefficient (Wildman–Crippen LogP) is 4.60. The van der Waals surface area contributed by atoms with E-state index in [1.54, 1.807) is 12.1 Å². The van der Waals surface area contributed by atoms with Crippen molar-refractivity contribution in [2.45, 2.75) is 77.2 Å². The van der Waals surface area contributed by atoms with Gasteiger partial charge in [-0.3, -0.25) is 4.79 Å². The highest BCUT2D eigenvalue weighted by Crippen LogP contribution is 2.31. The molecule has 3 aromatic carbocycles. The van der Waals surface area contributed by atoms with Crippen molar-refractivity contribution in [3.8, 4) is 11.5 Å². The van der Waals surface area contributed by atoms with Crippen LogP contribution < -0.4 is 15.4 Å². The maximum atomic E-state index is 12.8. The number of phenols is 1. The van der Waals surface area contributed by atoms with E-state index >= 15 is 0 Å². The molecule has 0 radical (unpaired) electrons. The molecule has 0 spiro atoms. The van der Waals surface area contributed by atoms with Crippen molar-refractivity contribution < 1.29 is 24.9 Å². The Morgan fingerprint density at radius 1 is 1.10 bits per heavy atom. The van der Waals surface area contributed by atoms with E-state index in [1.165, 1.54) is 17.2 Å². The van der Waals surface area contributed by atoms with Crippen molar-refractivity contribution in [3.63, 3.8) is 0 Å². The van der Waals surface area contributed by atoms with Crippen molar-refractivity contribution in [1.29, 1.82) is 0 Å². The van der Waals surface area contributed by atoms with E-state index < -0.39 is 6.10 Å². The average molecular weight is 547 g/mol. The third kappa shape index (κ3) is 7.84. The summed E-state index contributed by atoms with van der Waals surface area (Å²) in [6.45, 7) is 6.87. The van der Waals surface area contributed by atoms with Gasteiger partial charge >= 0.3 is 0 Å². The lowest BCUT2D eigenvalue weighted by Gasteiger charge is -2.28. The second-order valence-corrected chi connectivity index (χ2v) is 11.4. The number of benzene rings is 3. The number of fused-ring (bicyclic) bond motifs is 1. The van der Waals surface area contributed by atoms with Crippen LogP contribution in [0.2, 0.25) is 0 Å². The molecule has 0 aromatic heterocycles. The zero-order chi connectivity index (χ0) is 28.7. The average Bonchev–Trinajstić information content (AvgIpc) is 3.37. The van der Waals surface area contributed by atoms with Crippen LogP contribution in [0, 0.1) is 0 Å². The van der Waals surface area contributed by atoms with Crippen LogP contribution in [0.3, 0.4) is 0 Å². The van der Waals surface area contributed by atoms with E-state index in [2.05, 4.69) is 49.6 Å². The van der Waals surface area contributed by atoms with Crippen molar-refractivity contribution in [2.24, 2.45) is 0 Å². The molecular formula is C33H42N2O5. The van der Waals surface area contributed by atoms with Crippen LogP contribution >= 0.6 is 0 Å². The fraction of sp³-hybridized carbons (Fsp3) is 0.424. The minimum atomic E-state index is -0.791. The number of nitrogens with one attached hydrogen (secondary N) is 2. The Morgan fingerprint density at radius 2 is 1.93 bits per heavy atom. The Kier molecular flexibility index (Phi) is 9.85. The Morgan fingerprint density at radius 3 is 2.70 bits per heavy atom. The number of β-amino-alcohol motifs (C(OH)–C–C–N with tert-alkyl or cyclic N) is 1. The molecule has 1 aliphatic rings. The first-order valence-electron chi connectivity index (χ1n) is 14.2. The Bertz CT molecular complexity index is 1310. The van der Waals surface area contributed by atoms with E-state index in [0.29, 0.717) is 42.3 Å². The maximum Gasteiger partial charge on any atom is 0.251 e. The fourth-order valence-corrected chi connectivity index (χ4v) is 5.18. The summed E-state index contributed by atoms with van der Waals surface area (Å²) in [5, 5.41) is 36.2. The number of aryl methyl sites for hydroxylation is 1. The van der Waals surface area contributed by atoms with E-state index in [1.807, 2.05) is 24.3 Å². The molecule has 1 heterocycles.